The predicted octanol–water partition coefficient (Wildman–Crippen LogP) is 4.12. The van der Waals surface area contributed by atoms with E-state index in [1.807, 2.05) is 43.3 Å². The van der Waals surface area contributed by atoms with E-state index in [0.717, 1.165) is 18.8 Å². The van der Waals surface area contributed by atoms with Crippen LogP contribution in [0, 0.1) is 6.92 Å². The van der Waals surface area contributed by atoms with Crippen molar-refractivity contribution in [1.29, 1.82) is 0 Å². The molecule has 0 aliphatic carbocycles. The highest BCUT2D eigenvalue weighted by atomic mass is 16.5. The van der Waals surface area contributed by atoms with Crippen molar-refractivity contribution >= 4 is 5.91 Å². The van der Waals surface area contributed by atoms with Gasteiger partial charge in [-0.2, -0.15) is 0 Å². The van der Waals surface area contributed by atoms with E-state index < -0.39 is 0 Å². The van der Waals surface area contributed by atoms with Crippen LogP contribution < -0.4 is 14.8 Å². The van der Waals surface area contributed by atoms with Crippen LogP contribution in [0.15, 0.2) is 48.5 Å². The summed E-state index contributed by atoms with van der Waals surface area (Å²) in [5, 5.41) is 3.07. The molecule has 1 heterocycles. The summed E-state index contributed by atoms with van der Waals surface area (Å²) in [6.07, 6.45) is 4.97. The Kier molecular flexibility index (Phi) is 7.94. The number of methoxy groups -OCH3 is 1. The van der Waals surface area contributed by atoms with E-state index in [9.17, 15) is 4.79 Å². The smallest absolute Gasteiger partial charge is 0.258 e. The topological polar surface area (TPSA) is 50.8 Å². The third-order valence-corrected chi connectivity index (χ3v) is 5.47. The number of carbonyl (C=O) groups is 1. The number of nitrogens with zero attached hydrogens (tertiary/aromatic N) is 1. The average molecular weight is 397 g/mol. The molecule has 5 nitrogen and oxygen atoms in total. The Bertz CT molecular complexity index is 751. The minimum absolute atomic E-state index is 0.0262. The molecule has 2 aromatic rings. The highest BCUT2D eigenvalue weighted by molar-refractivity contribution is 5.77. The molecule has 2 aromatic carbocycles. The first-order valence-electron chi connectivity index (χ1n) is 10.5. The first kappa shape index (κ1) is 21.2. The van der Waals surface area contributed by atoms with Crippen molar-refractivity contribution in [3.8, 4) is 11.5 Å². The Balaban J connectivity index is 1.60. The van der Waals surface area contributed by atoms with Crippen molar-refractivity contribution in [3.05, 3.63) is 59.7 Å². The summed E-state index contributed by atoms with van der Waals surface area (Å²) in [6.45, 7) is 4.75. The summed E-state index contributed by atoms with van der Waals surface area (Å²) in [7, 11) is 1.68. The number of likely N-dealkylation sites (tertiary alicyclic amines) is 1. The molecule has 0 bridgehead atoms. The van der Waals surface area contributed by atoms with Gasteiger partial charge in [0.2, 0.25) is 0 Å². The van der Waals surface area contributed by atoms with Gasteiger partial charge in [0.25, 0.3) is 5.91 Å². The Hall–Kier alpha value is -2.53. The molecule has 1 aliphatic rings. The third kappa shape index (κ3) is 6.50. The molecule has 1 fully saturated rings. The Labute approximate surface area is 174 Å². The maximum Gasteiger partial charge on any atom is 0.258 e. The number of ether oxygens (including phenoxy) is 2. The van der Waals surface area contributed by atoms with Crippen molar-refractivity contribution in [2.24, 2.45) is 0 Å². The van der Waals surface area contributed by atoms with Crippen molar-refractivity contribution in [2.45, 2.75) is 38.6 Å². The van der Waals surface area contributed by atoms with Crippen molar-refractivity contribution < 1.29 is 14.3 Å². The average Bonchev–Trinajstić information content (AvgIpc) is 3.03. The summed E-state index contributed by atoms with van der Waals surface area (Å²) < 4.78 is 10.9. The summed E-state index contributed by atoms with van der Waals surface area (Å²) in [6, 6.07) is 16.1. The SMILES string of the molecule is COc1ccc([C@@H](CNC(=O)COc2ccc(C)cc2)N2CCCCCC2)cc1. The second-order valence-electron chi connectivity index (χ2n) is 7.64. The number of hydrogen-bond acceptors (Lipinski definition) is 4. The van der Waals surface area contributed by atoms with Gasteiger partial charge >= 0.3 is 0 Å². The van der Waals surface area contributed by atoms with Crippen LogP contribution in [0.4, 0.5) is 0 Å². The Morgan fingerprint density at radius 2 is 1.59 bits per heavy atom. The second-order valence-corrected chi connectivity index (χ2v) is 7.64. The van der Waals surface area contributed by atoms with E-state index in [4.69, 9.17) is 9.47 Å². The van der Waals surface area contributed by atoms with Crippen molar-refractivity contribution in [1.82, 2.24) is 10.2 Å². The van der Waals surface area contributed by atoms with Crippen LogP contribution in [0.5, 0.6) is 11.5 Å². The fourth-order valence-electron chi connectivity index (χ4n) is 3.74. The van der Waals surface area contributed by atoms with Crippen molar-refractivity contribution in [3.63, 3.8) is 0 Å². The lowest BCUT2D eigenvalue weighted by Crippen LogP contribution is -2.40. The molecule has 29 heavy (non-hydrogen) atoms. The number of benzene rings is 2. The van der Waals surface area contributed by atoms with Gasteiger partial charge in [0.1, 0.15) is 11.5 Å². The zero-order chi connectivity index (χ0) is 20.5. The molecule has 0 radical (unpaired) electrons. The predicted molar refractivity (Wildman–Crippen MR) is 115 cm³/mol. The number of amides is 1. The van der Waals surface area contributed by atoms with Gasteiger partial charge in [0.15, 0.2) is 6.61 Å². The summed E-state index contributed by atoms with van der Waals surface area (Å²) in [5.74, 6) is 1.46. The third-order valence-electron chi connectivity index (χ3n) is 5.47. The Morgan fingerprint density at radius 3 is 2.21 bits per heavy atom. The fourth-order valence-corrected chi connectivity index (χ4v) is 3.74. The highest BCUT2D eigenvalue weighted by Gasteiger charge is 2.22. The summed E-state index contributed by atoms with van der Waals surface area (Å²) in [5.41, 5.74) is 2.37. The minimum Gasteiger partial charge on any atom is -0.497 e. The lowest BCUT2D eigenvalue weighted by atomic mass is 10.0. The number of carbonyl (C=O) groups excluding carboxylic acids is 1. The first-order chi connectivity index (χ1) is 14.2. The molecule has 5 heteroatoms. The molecule has 156 valence electrons. The van der Waals surface area contributed by atoms with Gasteiger partial charge in [-0.05, 0) is 62.7 Å². The van der Waals surface area contributed by atoms with Gasteiger partial charge in [0.05, 0.1) is 13.2 Å². The highest BCUT2D eigenvalue weighted by Crippen LogP contribution is 2.25. The molecule has 0 saturated carbocycles. The van der Waals surface area contributed by atoms with E-state index in [1.165, 1.54) is 36.8 Å². The Morgan fingerprint density at radius 1 is 0.966 bits per heavy atom. The molecule has 0 unspecified atom stereocenters. The largest absolute Gasteiger partial charge is 0.497 e. The fraction of sp³-hybridized carbons (Fsp3) is 0.458. The summed E-state index contributed by atoms with van der Waals surface area (Å²) >= 11 is 0. The molecule has 3 rings (SSSR count). The molecule has 1 amide bonds. The lowest BCUT2D eigenvalue weighted by Gasteiger charge is -2.31. The molecular formula is C24H32N2O3. The van der Waals surface area contributed by atoms with Crippen LogP contribution in [0.3, 0.4) is 0 Å². The van der Waals surface area contributed by atoms with Crippen LogP contribution in [0.25, 0.3) is 0 Å². The first-order valence-corrected chi connectivity index (χ1v) is 10.5. The van der Waals surface area contributed by atoms with Crippen LogP contribution >= 0.6 is 0 Å². The molecule has 1 aliphatic heterocycles. The van der Waals surface area contributed by atoms with Crippen molar-refractivity contribution in [2.75, 3.05) is 33.4 Å². The second kappa shape index (κ2) is 10.9. The number of hydrogen-bond donors (Lipinski definition) is 1. The van der Waals surface area contributed by atoms with E-state index in [0.29, 0.717) is 12.3 Å². The maximum atomic E-state index is 12.4. The molecule has 1 atom stereocenters. The molecule has 1 N–H and O–H groups in total. The van der Waals surface area contributed by atoms with Crippen LogP contribution in [-0.4, -0.2) is 44.2 Å². The quantitative estimate of drug-likeness (QED) is 0.729. The zero-order valence-electron chi connectivity index (χ0n) is 17.5. The molecule has 0 spiro atoms. The van der Waals surface area contributed by atoms with Gasteiger partial charge in [-0.1, -0.05) is 42.7 Å². The monoisotopic (exact) mass is 396 g/mol. The molecule has 1 saturated heterocycles. The normalized spacial score (nSPS) is 15.9. The van der Waals surface area contributed by atoms with E-state index in [-0.39, 0.29) is 18.6 Å². The summed E-state index contributed by atoms with van der Waals surface area (Å²) in [4.78, 5) is 14.9. The van der Waals surface area contributed by atoms with E-state index >= 15 is 0 Å². The maximum absolute atomic E-state index is 12.4. The van der Waals surface area contributed by atoms with Gasteiger partial charge in [-0.15, -0.1) is 0 Å². The van der Waals surface area contributed by atoms with Gasteiger partial charge in [0, 0.05) is 6.54 Å². The van der Waals surface area contributed by atoms with Crippen LogP contribution in [0.1, 0.15) is 42.9 Å². The number of aryl methyl sites for hydroxylation is 1. The van der Waals surface area contributed by atoms with Crippen LogP contribution in [0.2, 0.25) is 0 Å². The molecule has 0 aromatic heterocycles. The zero-order valence-corrected chi connectivity index (χ0v) is 17.5. The van der Waals surface area contributed by atoms with Crippen LogP contribution in [-0.2, 0) is 4.79 Å². The minimum atomic E-state index is -0.0982. The standard InChI is InChI=1S/C24H32N2O3/c1-19-7-11-22(12-8-19)29-18-24(27)25-17-23(26-15-5-3-4-6-16-26)20-9-13-21(28-2)14-10-20/h7-14,23H,3-6,15-18H2,1-2H3,(H,25,27)/t23-/m1/s1. The van der Waals surface area contributed by atoms with Gasteiger partial charge in [-0.25, -0.2) is 0 Å². The number of nitrogens with one attached hydrogen (secondary N) is 1. The lowest BCUT2D eigenvalue weighted by molar-refractivity contribution is -0.123. The number of rotatable bonds is 8. The van der Waals surface area contributed by atoms with Gasteiger partial charge < -0.3 is 14.8 Å². The van der Waals surface area contributed by atoms with E-state index in [2.05, 4.69) is 22.3 Å². The van der Waals surface area contributed by atoms with E-state index in [1.54, 1.807) is 7.11 Å². The molecular weight excluding hydrogens is 364 g/mol. The van der Waals surface area contributed by atoms with Gasteiger partial charge in [-0.3, -0.25) is 9.69 Å².